The molecule has 232 valence electrons. The van der Waals surface area contributed by atoms with Gasteiger partial charge in [0.25, 0.3) is 25.3 Å². The molecule has 1 N–H and O–H groups in total. The maximum absolute atomic E-state index is 12.2. The summed E-state index contributed by atoms with van der Waals surface area (Å²) in [7, 11) is -4.76. The van der Waals surface area contributed by atoms with Crippen molar-refractivity contribution >= 4 is 37.3 Å². The van der Waals surface area contributed by atoms with Crippen molar-refractivity contribution in [1.29, 1.82) is 0 Å². The molecule has 10 heteroatoms. The Hall–Kier alpha value is -0.138. The normalized spacial score (nSPS) is 17.2. The van der Waals surface area contributed by atoms with Crippen molar-refractivity contribution in [1.82, 2.24) is 0 Å². The average molecular weight is 623 g/mol. The van der Waals surface area contributed by atoms with Crippen molar-refractivity contribution in [2.45, 2.75) is 134 Å². The van der Waals surface area contributed by atoms with Crippen molar-refractivity contribution in [3.8, 4) is 0 Å². The predicted octanol–water partition coefficient (Wildman–Crippen LogP) is 4.29. The Morgan fingerprint density at radius 1 is 0.976 bits per heavy atom. The Morgan fingerprint density at radius 3 is 2.00 bits per heavy atom. The number of esters is 2. The molecule has 1 fully saturated rings. The van der Waals surface area contributed by atoms with Gasteiger partial charge in [-0.15, -0.1) is 4.44 Å². The Bertz CT molecular complexity index is 892. The molecule has 0 heterocycles. The van der Waals surface area contributed by atoms with Crippen LogP contribution < -0.4 is 29.6 Å². The molecular formula is C31H56AlNaO7S. The maximum Gasteiger partial charge on any atom is 1.00 e. The van der Waals surface area contributed by atoms with Gasteiger partial charge in [0.15, 0.2) is 5.25 Å². The third kappa shape index (κ3) is 19.0. The van der Waals surface area contributed by atoms with Crippen LogP contribution in [0.15, 0.2) is 22.7 Å². The number of carbonyl (C=O) groups excluding carboxylic acids is 2. The zero-order valence-corrected chi connectivity index (χ0v) is 30.8. The summed E-state index contributed by atoms with van der Waals surface area (Å²) in [5.74, 6) is -1.61. The molecule has 1 saturated carbocycles. The first kappa shape index (κ1) is 40.9. The van der Waals surface area contributed by atoms with Gasteiger partial charge in [0.2, 0.25) is 0 Å². The zero-order chi connectivity index (χ0) is 29.8. The van der Waals surface area contributed by atoms with Gasteiger partial charge in [-0.1, -0.05) is 121 Å². The summed E-state index contributed by atoms with van der Waals surface area (Å²) >= 11 is 0.141. The fourth-order valence-electron chi connectivity index (χ4n) is 5.23. The molecule has 0 aromatic carbocycles. The summed E-state index contributed by atoms with van der Waals surface area (Å²) in [6.07, 6.45) is 22.6. The molecular weight excluding hydrogens is 566 g/mol. The van der Waals surface area contributed by atoms with E-state index in [-0.39, 0.29) is 71.3 Å². The number of allylic oxidation sites excluding steroid dienone is 4. The first-order chi connectivity index (χ1) is 19.1. The number of ether oxygens (including phenoxy) is 2. The molecule has 0 aromatic rings. The molecule has 0 aromatic heterocycles. The molecule has 3 atom stereocenters. The number of unbranched alkanes of at least 4 members (excludes halogenated alkanes) is 2. The SMILES string of the molecule is C1=CC[C]([AlH][CH]2CCCCC2)=C1.CCCCC(CC)COC(=O)CC(C(=O)OCC(CC)CCCC)S(=O)(=O)O.[H-].[Na+]. The van der Waals surface area contributed by atoms with Crippen molar-refractivity contribution in [2.75, 3.05) is 13.2 Å². The first-order valence-corrected chi connectivity index (χ1v) is 18.8. The topological polar surface area (TPSA) is 107 Å². The van der Waals surface area contributed by atoms with Crippen LogP contribution in [0.2, 0.25) is 4.78 Å². The fraction of sp³-hybridized carbons (Fsp3) is 0.806. The predicted molar refractivity (Wildman–Crippen MR) is 165 cm³/mol. The fourth-order valence-corrected chi connectivity index (χ4v) is 8.22. The molecule has 3 unspecified atom stereocenters. The van der Waals surface area contributed by atoms with E-state index < -0.39 is 33.7 Å². The Kier molecular flexibility index (Phi) is 24.1. The van der Waals surface area contributed by atoms with Crippen molar-refractivity contribution < 1.29 is 63.0 Å². The Labute approximate surface area is 280 Å². The van der Waals surface area contributed by atoms with Gasteiger partial charge in [0.05, 0.1) is 19.6 Å². The second kappa shape index (κ2) is 24.2. The molecule has 0 bridgehead atoms. The van der Waals surface area contributed by atoms with Crippen LogP contribution in [0.1, 0.15) is 125 Å². The average Bonchev–Trinajstić information content (AvgIpc) is 3.45. The van der Waals surface area contributed by atoms with E-state index in [2.05, 4.69) is 32.1 Å². The summed E-state index contributed by atoms with van der Waals surface area (Å²) < 4.78 is 45.7. The summed E-state index contributed by atoms with van der Waals surface area (Å²) in [6.45, 7) is 8.35. The quantitative estimate of drug-likeness (QED) is 0.138. The molecule has 0 saturated heterocycles. The second-order valence-electron chi connectivity index (χ2n) is 11.5. The zero-order valence-electron chi connectivity index (χ0n) is 27.6. The van der Waals surface area contributed by atoms with E-state index in [0.717, 1.165) is 56.1 Å². The van der Waals surface area contributed by atoms with E-state index in [0.29, 0.717) is 0 Å². The summed E-state index contributed by atoms with van der Waals surface area (Å²) in [5, 5.41) is -1.95. The van der Waals surface area contributed by atoms with Crippen LogP contribution in [0.3, 0.4) is 0 Å². The van der Waals surface area contributed by atoms with Gasteiger partial charge in [0.1, 0.15) is 0 Å². The van der Waals surface area contributed by atoms with Gasteiger partial charge in [-0.05, 0) is 31.1 Å². The van der Waals surface area contributed by atoms with Crippen LogP contribution in [-0.4, -0.2) is 58.6 Å². The molecule has 0 aliphatic heterocycles. The minimum Gasteiger partial charge on any atom is -1.00 e. The van der Waals surface area contributed by atoms with Crippen molar-refractivity contribution in [2.24, 2.45) is 11.8 Å². The molecule has 7 nitrogen and oxygen atoms in total. The molecule has 0 spiro atoms. The van der Waals surface area contributed by atoms with Crippen LogP contribution in [0.25, 0.3) is 0 Å². The third-order valence-electron chi connectivity index (χ3n) is 8.13. The monoisotopic (exact) mass is 622 g/mol. The smallest absolute Gasteiger partial charge is 1.00 e. The number of carbonyl (C=O) groups is 2. The van der Waals surface area contributed by atoms with Gasteiger partial charge in [-0.2, -0.15) is 8.42 Å². The number of rotatable bonds is 18. The van der Waals surface area contributed by atoms with E-state index in [4.69, 9.17) is 9.47 Å². The molecule has 2 aliphatic carbocycles. The second-order valence-corrected chi connectivity index (χ2v) is 15.6. The van der Waals surface area contributed by atoms with Crippen LogP contribution >= 0.6 is 0 Å². The van der Waals surface area contributed by atoms with Crippen LogP contribution in [0, 0.1) is 11.8 Å². The summed E-state index contributed by atoms with van der Waals surface area (Å²) in [6, 6.07) is 0. The third-order valence-corrected chi connectivity index (χ3v) is 11.6. The van der Waals surface area contributed by atoms with Gasteiger partial charge >= 0.3 is 41.5 Å². The van der Waals surface area contributed by atoms with Gasteiger partial charge < -0.3 is 10.9 Å². The van der Waals surface area contributed by atoms with Crippen molar-refractivity contribution in [3.63, 3.8) is 0 Å². The van der Waals surface area contributed by atoms with Gasteiger partial charge in [-0.3, -0.25) is 14.1 Å². The van der Waals surface area contributed by atoms with Gasteiger partial charge in [-0.25, -0.2) is 0 Å². The number of hydrogen-bond donors (Lipinski definition) is 1. The molecule has 0 radical (unpaired) electrons. The maximum atomic E-state index is 12.2. The van der Waals surface area contributed by atoms with E-state index in [1.165, 1.54) is 25.7 Å². The first-order valence-electron chi connectivity index (χ1n) is 15.8. The molecule has 2 rings (SSSR count). The van der Waals surface area contributed by atoms with E-state index >= 15 is 0 Å². The molecule has 2 aliphatic rings. The summed E-state index contributed by atoms with van der Waals surface area (Å²) in [4.78, 5) is 24.2. The van der Waals surface area contributed by atoms with E-state index in [1.807, 2.05) is 18.3 Å². The van der Waals surface area contributed by atoms with Crippen LogP contribution in [0.4, 0.5) is 0 Å². The Balaban J connectivity index is 0. The van der Waals surface area contributed by atoms with Crippen molar-refractivity contribution in [3.05, 3.63) is 22.7 Å². The Morgan fingerprint density at radius 2 is 1.54 bits per heavy atom. The molecule has 41 heavy (non-hydrogen) atoms. The standard InChI is InChI=1S/C20H38O7S.C6H11.C5H5.Al.Na.2H/c1-5-9-11-16(7-3)14-26-19(21)13-18(28(23,24)25)20(22)27-15-17(8-4)12-10-6-2;1-2-4-6-5-3-1;1-2-4-5-3-1;;;;/h16-18H,5-15H2,1-4H3,(H,23,24,25);1H,2-6H2;1-3H,4H2;;;;/q;;;;+1;;-1. The minimum absolute atomic E-state index is 0. The van der Waals surface area contributed by atoms with E-state index in [1.54, 1.807) is 12.8 Å². The van der Waals surface area contributed by atoms with Crippen LogP contribution in [-0.2, 0) is 29.2 Å². The van der Waals surface area contributed by atoms with Crippen LogP contribution in [0.5, 0.6) is 0 Å². The largest absolute Gasteiger partial charge is 1.00 e. The molecule has 0 amide bonds. The van der Waals surface area contributed by atoms with Gasteiger partial charge in [0, 0.05) is 0 Å². The number of hydrogen-bond acceptors (Lipinski definition) is 6. The van der Waals surface area contributed by atoms with E-state index in [9.17, 15) is 22.6 Å². The summed E-state index contributed by atoms with van der Waals surface area (Å²) in [5.41, 5.74) is 0. The minimum atomic E-state index is -4.76.